The SMILES string of the molecule is CC(C)(C)OC(=O)NC(CCc1cccc(O)c1)C(=O)O. The van der Waals surface area contributed by atoms with Crippen LogP contribution in [0.2, 0.25) is 0 Å². The third kappa shape index (κ3) is 6.65. The minimum Gasteiger partial charge on any atom is -0.508 e. The summed E-state index contributed by atoms with van der Waals surface area (Å²) in [6.45, 7) is 5.11. The Balaban J connectivity index is 2.58. The Kier molecular flexibility index (Phi) is 5.58. The van der Waals surface area contributed by atoms with Gasteiger partial charge in [0.1, 0.15) is 17.4 Å². The van der Waals surface area contributed by atoms with Crippen molar-refractivity contribution in [3.8, 4) is 5.75 Å². The van der Waals surface area contributed by atoms with Gasteiger partial charge in [-0.1, -0.05) is 12.1 Å². The Morgan fingerprint density at radius 2 is 2.00 bits per heavy atom. The Bertz CT molecular complexity index is 507. The predicted molar refractivity (Wildman–Crippen MR) is 77.2 cm³/mol. The van der Waals surface area contributed by atoms with Gasteiger partial charge in [-0.05, 0) is 51.3 Å². The molecule has 0 aliphatic heterocycles. The lowest BCUT2D eigenvalue weighted by Crippen LogP contribution is -2.43. The van der Waals surface area contributed by atoms with Crippen molar-refractivity contribution < 1.29 is 24.5 Å². The lowest BCUT2D eigenvalue weighted by molar-refractivity contribution is -0.139. The van der Waals surface area contributed by atoms with E-state index in [4.69, 9.17) is 9.84 Å². The molecule has 1 atom stereocenters. The molecule has 0 saturated heterocycles. The first-order chi connectivity index (χ1) is 9.67. The number of phenolic OH excluding ortho intramolecular Hbond substituents is 1. The zero-order valence-electron chi connectivity index (χ0n) is 12.4. The summed E-state index contributed by atoms with van der Waals surface area (Å²) in [6.07, 6.45) is -0.134. The minimum absolute atomic E-state index is 0.125. The highest BCUT2D eigenvalue weighted by molar-refractivity contribution is 5.80. The molecule has 1 amide bonds. The Morgan fingerprint density at radius 1 is 1.33 bits per heavy atom. The van der Waals surface area contributed by atoms with E-state index in [0.717, 1.165) is 5.56 Å². The molecule has 0 radical (unpaired) electrons. The standard InChI is InChI=1S/C15H21NO5/c1-15(2,3)21-14(20)16-12(13(18)19)8-7-10-5-4-6-11(17)9-10/h4-6,9,12,17H,7-8H2,1-3H3,(H,16,20)(H,18,19). The lowest BCUT2D eigenvalue weighted by Gasteiger charge is -2.22. The van der Waals surface area contributed by atoms with Gasteiger partial charge in [-0.15, -0.1) is 0 Å². The normalized spacial score (nSPS) is 12.5. The van der Waals surface area contributed by atoms with Crippen LogP contribution in [-0.4, -0.2) is 33.9 Å². The number of carboxylic acids is 1. The summed E-state index contributed by atoms with van der Waals surface area (Å²) in [5.74, 6) is -1.000. The zero-order valence-corrected chi connectivity index (χ0v) is 12.4. The van der Waals surface area contributed by atoms with Crippen molar-refractivity contribution in [1.29, 1.82) is 0 Å². The number of carboxylic acid groups (broad SMARTS) is 1. The molecule has 1 rings (SSSR count). The molecule has 0 fully saturated rings. The average molecular weight is 295 g/mol. The van der Waals surface area contributed by atoms with Crippen molar-refractivity contribution >= 4 is 12.1 Å². The van der Waals surface area contributed by atoms with Gasteiger partial charge in [0.15, 0.2) is 0 Å². The Hall–Kier alpha value is -2.24. The molecule has 116 valence electrons. The topological polar surface area (TPSA) is 95.9 Å². The Labute approximate surface area is 123 Å². The molecule has 1 aromatic rings. The maximum absolute atomic E-state index is 11.6. The molecule has 0 bridgehead atoms. The number of aliphatic carboxylic acids is 1. The van der Waals surface area contributed by atoms with Gasteiger partial charge in [-0.2, -0.15) is 0 Å². The van der Waals surface area contributed by atoms with Crippen LogP contribution in [0.4, 0.5) is 4.79 Å². The van der Waals surface area contributed by atoms with Gasteiger partial charge in [0.05, 0.1) is 0 Å². The largest absolute Gasteiger partial charge is 0.508 e. The summed E-state index contributed by atoms with van der Waals surface area (Å²) in [7, 11) is 0. The molecule has 1 aromatic carbocycles. The van der Waals surface area contributed by atoms with Crippen LogP contribution in [0.15, 0.2) is 24.3 Å². The first-order valence-corrected chi connectivity index (χ1v) is 6.67. The number of aromatic hydroxyl groups is 1. The van der Waals surface area contributed by atoms with Crippen LogP contribution in [0.5, 0.6) is 5.75 Å². The van der Waals surface area contributed by atoms with Crippen molar-refractivity contribution in [1.82, 2.24) is 5.32 Å². The van der Waals surface area contributed by atoms with Crippen LogP contribution < -0.4 is 5.32 Å². The van der Waals surface area contributed by atoms with Crippen LogP contribution in [0, 0.1) is 0 Å². The van der Waals surface area contributed by atoms with Gasteiger partial charge in [0.2, 0.25) is 0 Å². The van der Waals surface area contributed by atoms with Crippen LogP contribution in [0.1, 0.15) is 32.8 Å². The van der Waals surface area contributed by atoms with E-state index in [0.29, 0.717) is 6.42 Å². The molecule has 3 N–H and O–H groups in total. The van der Waals surface area contributed by atoms with E-state index in [9.17, 15) is 14.7 Å². The highest BCUT2D eigenvalue weighted by Gasteiger charge is 2.23. The van der Waals surface area contributed by atoms with Crippen LogP contribution in [0.25, 0.3) is 0 Å². The minimum atomic E-state index is -1.12. The molecular formula is C15H21NO5. The van der Waals surface area contributed by atoms with Crippen LogP contribution in [0.3, 0.4) is 0 Å². The van der Waals surface area contributed by atoms with Crippen molar-refractivity contribution in [2.24, 2.45) is 0 Å². The number of alkyl carbamates (subject to hydrolysis) is 1. The first-order valence-electron chi connectivity index (χ1n) is 6.67. The quantitative estimate of drug-likeness (QED) is 0.774. The number of aryl methyl sites for hydroxylation is 1. The fourth-order valence-corrected chi connectivity index (χ4v) is 1.73. The number of benzene rings is 1. The number of carbonyl (C=O) groups is 2. The summed E-state index contributed by atoms with van der Waals surface area (Å²) >= 11 is 0. The average Bonchev–Trinajstić information content (AvgIpc) is 2.32. The predicted octanol–water partition coefficient (Wildman–Crippen LogP) is 2.30. The molecule has 21 heavy (non-hydrogen) atoms. The number of hydrogen-bond acceptors (Lipinski definition) is 4. The summed E-state index contributed by atoms with van der Waals surface area (Å²) in [4.78, 5) is 22.8. The van der Waals surface area contributed by atoms with Crippen molar-refractivity contribution in [2.75, 3.05) is 0 Å². The number of rotatable bonds is 5. The molecule has 0 aromatic heterocycles. The molecule has 6 nitrogen and oxygen atoms in total. The van der Waals surface area contributed by atoms with Gasteiger partial charge >= 0.3 is 12.1 Å². The number of amides is 1. The second-order valence-electron chi connectivity index (χ2n) is 5.75. The number of phenols is 1. The van der Waals surface area contributed by atoms with E-state index in [1.54, 1.807) is 39.0 Å². The molecular weight excluding hydrogens is 274 g/mol. The monoisotopic (exact) mass is 295 g/mol. The zero-order chi connectivity index (χ0) is 16.0. The first kappa shape index (κ1) is 16.8. The highest BCUT2D eigenvalue weighted by Crippen LogP contribution is 2.14. The fourth-order valence-electron chi connectivity index (χ4n) is 1.73. The molecule has 0 saturated carbocycles. The van der Waals surface area contributed by atoms with Crippen LogP contribution >= 0.6 is 0 Å². The second kappa shape index (κ2) is 6.97. The van der Waals surface area contributed by atoms with E-state index < -0.39 is 23.7 Å². The van der Waals surface area contributed by atoms with E-state index in [2.05, 4.69) is 5.32 Å². The lowest BCUT2D eigenvalue weighted by atomic mass is 10.1. The maximum Gasteiger partial charge on any atom is 0.408 e. The van der Waals surface area contributed by atoms with Crippen molar-refractivity contribution in [3.63, 3.8) is 0 Å². The van der Waals surface area contributed by atoms with E-state index in [1.165, 1.54) is 6.07 Å². The van der Waals surface area contributed by atoms with Gasteiger partial charge in [-0.25, -0.2) is 9.59 Å². The molecule has 6 heteroatoms. The van der Waals surface area contributed by atoms with E-state index in [1.807, 2.05) is 0 Å². The van der Waals surface area contributed by atoms with Crippen LogP contribution in [-0.2, 0) is 16.0 Å². The molecule has 0 aliphatic carbocycles. The smallest absolute Gasteiger partial charge is 0.408 e. The third-order valence-electron chi connectivity index (χ3n) is 2.62. The fraction of sp³-hybridized carbons (Fsp3) is 0.467. The van der Waals surface area contributed by atoms with Gasteiger partial charge in [0, 0.05) is 0 Å². The number of ether oxygens (including phenoxy) is 1. The molecule has 1 unspecified atom stereocenters. The molecule has 0 spiro atoms. The van der Waals surface area contributed by atoms with Gasteiger partial charge in [0.25, 0.3) is 0 Å². The van der Waals surface area contributed by atoms with Crippen molar-refractivity contribution in [2.45, 2.75) is 45.3 Å². The van der Waals surface area contributed by atoms with E-state index >= 15 is 0 Å². The van der Waals surface area contributed by atoms with Crippen molar-refractivity contribution in [3.05, 3.63) is 29.8 Å². The summed E-state index contributed by atoms with van der Waals surface area (Å²) < 4.78 is 5.04. The maximum atomic E-state index is 11.6. The molecule has 0 aliphatic rings. The Morgan fingerprint density at radius 3 is 2.52 bits per heavy atom. The van der Waals surface area contributed by atoms with Gasteiger partial charge < -0.3 is 20.3 Å². The van der Waals surface area contributed by atoms with E-state index in [-0.39, 0.29) is 12.2 Å². The molecule has 0 heterocycles. The summed E-state index contributed by atoms with van der Waals surface area (Å²) in [6, 6.07) is 5.53. The summed E-state index contributed by atoms with van der Waals surface area (Å²) in [5.41, 5.74) is 0.116. The second-order valence-corrected chi connectivity index (χ2v) is 5.75. The number of hydrogen-bond donors (Lipinski definition) is 3. The number of nitrogens with one attached hydrogen (secondary N) is 1. The highest BCUT2D eigenvalue weighted by atomic mass is 16.6. The van der Waals surface area contributed by atoms with Gasteiger partial charge in [-0.3, -0.25) is 0 Å². The summed E-state index contributed by atoms with van der Waals surface area (Å²) in [5, 5.41) is 20.8. The number of carbonyl (C=O) groups excluding carboxylic acids is 1. The third-order valence-corrected chi connectivity index (χ3v) is 2.62.